The summed E-state index contributed by atoms with van der Waals surface area (Å²) in [7, 11) is 0. The number of phenols is 1. The third-order valence-electron chi connectivity index (χ3n) is 2.72. The molecule has 96 valence electrons. The third kappa shape index (κ3) is 2.02. The van der Waals surface area contributed by atoms with Gasteiger partial charge in [-0.25, -0.2) is 13.8 Å². The molecule has 6 heteroatoms. The second kappa shape index (κ2) is 4.20. The Morgan fingerprint density at radius 3 is 2.74 bits per heavy atom. The van der Waals surface area contributed by atoms with Crippen molar-refractivity contribution in [1.82, 2.24) is 9.97 Å². The first-order chi connectivity index (χ1) is 9.04. The van der Waals surface area contributed by atoms with E-state index in [0.717, 1.165) is 12.1 Å². The van der Waals surface area contributed by atoms with Gasteiger partial charge in [-0.05, 0) is 24.3 Å². The van der Waals surface area contributed by atoms with Gasteiger partial charge in [0.2, 0.25) is 0 Å². The second-order valence-corrected chi connectivity index (χ2v) is 4.47. The molecule has 0 atom stereocenters. The summed E-state index contributed by atoms with van der Waals surface area (Å²) in [5.74, 6) is -1.29. The maximum absolute atomic E-state index is 13.5. The predicted molar refractivity (Wildman–Crippen MR) is 68.1 cm³/mol. The van der Waals surface area contributed by atoms with Crippen molar-refractivity contribution >= 4 is 22.6 Å². The van der Waals surface area contributed by atoms with Gasteiger partial charge < -0.3 is 10.1 Å². The van der Waals surface area contributed by atoms with E-state index in [9.17, 15) is 13.9 Å². The molecular formula is C13H7ClF2N2O. The number of H-pyrrole nitrogens is 1. The highest BCUT2D eigenvalue weighted by atomic mass is 35.5. The zero-order chi connectivity index (χ0) is 13.6. The summed E-state index contributed by atoms with van der Waals surface area (Å²) in [6.45, 7) is 0. The molecule has 0 aliphatic carbocycles. The molecule has 2 N–H and O–H groups in total. The highest BCUT2D eigenvalue weighted by Crippen LogP contribution is 2.31. The Kier molecular flexibility index (Phi) is 2.64. The molecule has 2 aromatic carbocycles. The summed E-state index contributed by atoms with van der Waals surface area (Å²) in [4.78, 5) is 6.76. The van der Waals surface area contributed by atoms with Crippen LogP contribution in [0.25, 0.3) is 22.4 Å². The molecule has 0 aliphatic heterocycles. The fourth-order valence-electron chi connectivity index (χ4n) is 1.87. The number of hydrogen-bond acceptors (Lipinski definition) is 2. The molecule has 0 aliphatic rings. The topological polar surface area (TPSA) is 48.9 Å². The molecule has 0 amide bonds. The van der Waals surface area contributed by atoms with Crippen LogP contribution in [-0.2, 0) is 0 Å². The third-order valence-corrected chi connectivity index (χ3v) is 2.95. The molecule has 0 unspecified atom stereocenters. The molecule has 0 spiro atoms. The number of aromatic amines is 1. The van der Waals surface area contributed by atoms with Crippen LogP contribution in [-0.4, -0.2) is 15.1 Å². The van der Waals surface area contributed by atoms with E-state index in [4.69, 9.17) is 11.6 Å². The standard InChI is InChI=1S/C13H7ClF2N2O/c14-6-1-2-11(19)8(3-6)13-17-10-5-7(15)4-9(16)12(10)18-13/h1-5,19H,(H,17,18). The van der Waals surface area contributed by atoms with Gasteiger partial charge in [-0.15, -0.1) is 0 Å². The van der Waals surface area contributed by atoms with Crippen molar-refractivity contribution in [2.75, 3.05) is 0 Å². The van der Waals surface area contributed by atoms with Crippen LogP contribution in [0.5, 0.6) is 5.75 Å². The number of aromatic hydroxyl groups is 1. The Labute approximate surface area is 111 Å². The van der Waals surface area contributed by atoms with Gasteiger partial charge in [-0.3, -0.25) is 0 Å². The average molecular weight is 281 g/mol. The Bertz CT molecular complexity index is 786. The molecule has 3 nitrogen and oxygen atoms in total. The van der Waals surface area contributed by atoms with E-state index in [1.165, 1.54) is 18.2 Å². The minimum Gasteiger partial charge on any atom is -0.507 e. The average Bonchev–Trinajstić information content (AvgIpc) is 2.76. The van der Waals surface area contributed by atoms with E-state index in [1.807, 2.05) is 0 Å². The van der Waals surface area contributed by atoms with E-state index < -0.39 is 11.6 Å². The van der Waals surface area contributed by atoms with Crippen LogP contribution in [0.15, 0.2) is 30.3 Å². The van der Waals surface area contributed by atoms with Gasteiger partial charge in [-0.2, -0.15) is 0 Å². The monoisotopic (exact) mass is 280 g/mol. The van der Waals surface area contributed by atoms with Crippen molar-refractivity contribution in [2.24, 2.45) is 0 Å². The summed E-state index contributed by atoms with van der Waals surface area (Å²) in [5.41, 5.74) is 0.547. The molecule has 3 rings (SSSR count). The Morgan fingerprint density at radius 1 is 1.16 bits per heavy atom. The van der Waals surface area contributed by atoms with E-state index in [-0.39, 0.29) is 22.6 Å². The highest BCUT2D eigenvalue weighted by Gasteiger charge is 2.13. The zero-order valence-corrected chi connectivity index (χ0v) is 10.2. The summed E-state index contributed by atoms with van der Waals surface area (Å²) in [6.07, 6.45) is 0. The van der Waals surface area contributed by atoms with Gasteiger partial charge in [0.05, 0.1) is 11.1 Å². The van der Waals surface area contributed by atoms with Crippen LogP contribution in [0, 0.1) is 11.6 Å². The predicted octanol–water partition coefficient (Wildman–Crippen LogP) is 3.87. The number of benzene rings is 2. The summed E-state index contributed by atoms with van der Waals surface area (Å²) in [6, 6.07) is 6.30. The van der Waals surface area contributed by atoms with Gasteiger partial charge in [0.25, 0.3) is 0 Å². The van der Waals surface area contributed by atoms with Crippen molar-refractivity contribution < 1.29 is 13.9 Å². The highest BCUT2D eigenvalue weighted by molar-refractivity contribution is 6.30. The number of hydrogen-bond donors (Lipinski definition) is 2. The SMILES string of the molecule is Oc1ccc(Cl)cc1-c1nc2c(F)cc(F)cc2[nH]1. The van der Waals surface area contributed by atoms with Crippen molar-refractivity contribution in [3.8, 4) is 17.1 Å². The van der Waals surface area contributed by atoms with Crippen molar-refractivity contribution in [1.29, 1.82) is 0 Å². The molecule has 3 aromatic rings. The Hall–Kier alpha value is -2.14. The van der Waals surface area contributed by atoms with Crippen molar-refractivity contribution in [3.63, 3.8) is 0 Å². The first-order valence-corrected chi connectivity index (χ1v) is 5.76. The fourth-order valence-corrected chi connectivity index (χ4v) is 2.04. The van der Waals surface area contributed by atoms with Gasteiger partial charge in [0.1, 0.15) is 22.9 Å². The van der Waals surface area contributed by atoms with E-state index in [0.29, 0.717) is 10.6 Å². The molecule has 0 bridgehead atoms. The lowest BCUT2D eigenvalue weighted by atomic mass is 10.2. The van der Waals surface area contributed by atoms with E-state index in [2.05, 4.69) is 9.97 Å². The zero-order valence-electron chi connectivity index (χ0n) is 9.42. The molecule has 19 heavy (non-hydrogen) atoms. The number of halogens is 3. The molecule has 1 heterocycles. The largest absolute Gasteiger partial charge is 0.507 e. The first kappa shape index (κ1) is 11.9. The lowest BCUT2D eigenvalue weighted by Crippen LogP contribution is -1.82. The number of nitrogens with zero attached hydrogens (tertiary/aromatic N) is 1. The van der Waals surface area contributed by atoms with Gasteiger partial charge in [-0.1, -0.05) is 11.6 Å². The normalized spacial score (nSPS) is 11.1. The number of rotatable bonds is 1. The maximum atomic E-state index is 13.5. The van der Waals surface area contributed by atoms with Crippen LogP contribution in [0.3, 0.4) is 0 Å². The molecule has 0 saturated heterocycles. The van der Waals surface area contributed by atoms with Crippen LogP contribution in [0.4, 0.5) is 8.78 Å². The number of aromatic nitrogens is 2. The number of phenolic OH excluding ortho intramolecular Hbond substituents is 1. The smallest absolute Gasteiger partial charge is 0.153 e. The molecule has 1 aromatic heterocycles. The van der Waals surface area contributed by atoms with Crippen LogP contribution >= 0.6 is 11.6 Å². The molecule has 0 saturated carbocycles. The van der Waals surface area contributed by atoms with Crippen LogP contribution in [0.1, 0.15) is 0 Å². The summed E-state index contributed by atoms with van der Waals surface area (Å²) >= 11 is 5.84. The number of fused-ring (bicyclic) bond motifs is 1. The lowest BCUT2D eigenvalue weighted by Gasteiger charge is -2.00. The maximum Gasteiger partial charge on any atom is 0.153 e. The Morgan fingerprint density at radius 2 is 1.95 bits per heavy atom. The van der Waals surface area contributed by atoms with Gasteiger partial charge >= 0.3 is 0 Å². The van der Waals surface area contributed by atoms with E-state index in [1.54, 1.807) is 0 Å². The van der Waals surface area contributed by atoms with Crippen LogP contribution < -0.4 is 0 Å². The van der Waals surface area contributed by atoms with Crippen LogP contribution in [0.2, 0.25) is 5.02 Å². The molecular weight excluding hydrogens is 274 g/mol. The van der Waals surface area contributed by atoms with Crippen molar-refractivity contribution in [3.05, 3.63) is 47.0 Å². The van der Waals surface area contributed by atoms with Crippen molar-refractivity contribution in [2.45, 2.75) is 0 Å². The molecule has 0 fully saturated rings. The Balaban J connectivity index is 2.26. The number of nitrogens with one attached hydrogen (secondary N) is 1. The second-order valence-electron chi connectivity index (χ2n) is 4.03. The number of imidazole rings is 1. The van der Waals surface area contributed by atoms with Gasteiger partial charge in [0, 0.05) is 11.1 Å². The molecule has 0 radical (unpaired) electrons. The fraction of sp³-hybridized carbons (Fsp3) is 0. The summed E-state index contributed by atoms with van der Waals surface area (Å²) in [5, 5.41) is 10.2. The lowest BCUT2D eigenvalue weighted by molar-refractivity contribution is 0.477. The first-order valence-electron chi connectivity index (χ1n) is 5.38. The minimum atomic E-state index is -0.765. The quantitative estimate of drug-likeness (QED) is 0.711. The van der Waals surface area contributed by atoms with Gasteiger partial charge in [0.15, 0.2) is 5.82 Å². The van der Waals surface area contributed by atoms with E-state index >= 15 is 0 Å². The summed E-state index contributed by atoms with van der Waals surface area (Å²) < 4.78 is 26.6. The minimum absolute atomic E-state index is 0.00998.